The number of hydrogen-bond donors (Lipinski definition) is 1. The van der Waals surface area contributed by atoms with Crippen LogP contribution in [-0.4, -0.2) is 26.9 Å². The molecule has 0 radical (unpaired) electrons. The van der Waals surface area contributed by atoms with E-state index in [2.05, 4.69) is 15.6 Å². The van der Waals surface area contributed by atoms with Crippen molar-refractivity contribution in [1.29, 1.82) is 0 Å². The Bertz CT molecular complexity index is 969. The van der Waals surface area contributed by atoms with Crippen LogP contribution in [-0.2, 0) is 17.8 Å². The van der Waals surface area contributed by atoms with Gasteiger partial charge in [0, 0.05) is 6.04 Å². The largest absolute Gasteiger partial charge is 0.351 e. The molecule has 0 bridgehead atoms. The lowest BCUT2D eigenvalue weighted by Gasteiger charge is -2.17. The van der Waals surface area contributed by atoms with Gasteiger partial charge in [0.25, 0.3) is 5.56 Å². The number of carbonyl (C=O) groups is 1. The summed E-state index contributed by atoms with van der Waals surface area (Å²) in [5, 5.41) is 11.4. The summed E-state index contributed by atoms with van der Waals surface area (Å²) in [6.45, 7) is 2.16. The van der Waals surface area contributed by atoms with Gasteiger partial charge in [-0.1, -0.05) is 36.4 Å². The van der Waals surface area contributed by atoms with E-state index in [4.69, 9.17) is 0 Å². The van der Waals surface area contributed by atoms with Gasteiger partial charge in [-0.05, 0) is 36.2 Å². The summed E-state index contributed by atoms with van der Waals surface area (Å²) in [5.74, 6) is -0.528. The van der Waals surface area contributed by atoms with Gasteiger partial charge < -0.3 is 5.32 Å². The van der Waals surface area contributed by atoms with Crippen molar-refractivity contribution in [2.24, 2.45) is 0 Å². The van der Waals surface area contributed by atoms with E-state index in [0.717, 1.165) is 5.56 Å². The summed E-state index contributed by atoms with van der Waals surface area (Å²) in [4.78, 5) is 24.7. The van der Waals surface area contributed by atoms with Crippen LogP contribution in [0.1, 0.15) is 18.9 Å². The maximum Gasteiger partial charge on any atom is 0.277 e. The number of benzene rings is 2. The standard InChI is InChI=1S/C19H19FN4O2/c1-2-15(21-18(25)11-13-7-9-14(20)10-8-13)12-24-19(26)16-5-3-4-6-17(16)22-23-24/h3-10,15H,2,11-12H2,1H3,(H,21,25)/t15-/m0/s1. The van der Waals surface area contributed by atoms with Crippen molar-refractivity contribution in [1.82, 2.24) is 20.3 Å². The minimum atomic E-state index is -0.338. The molecule has 3 aromatic rings. The van der Waals surface area contributed by atoms with Gasteiger partial charge in [0.05, 0.1) is 18.4 Å². The second-order valence-electron chi connectivity index (χ2n) is 6.07. The van der Waals surface area contributed by atoms with Gasteiger partial charge in [-0.25, -0.2) is 9.07 Å². The lowest BCUT2D eigenvalue weighted by Crippen LogP contribution is -2.41. The molecule has 1 amide bonds. The monoisotopic (exact) mass is 354 g/mol. The van der Waals surface area contributed by atoms with Crippen molar-refractivity contribution in [3.05, 3.63) is 70.3 Å². The number of fused-ring (bicyclic) bond motifs is 1. The molecule has 0 aliphatic heterocycles. The first-order valence-corrected chi connectivity index (χ1v) is 8.43. The van der Waals surface area contributed by atoms with E-state index in [1.165, 1.54) is 16.8 Å². The van der Waals surface area contributed by atoms with Crippen molar-refractivity contribution in [2.75, 3.05) is 0 Å². The number of nitrogens with one attached hydrogen (secondary N) is 1. The van der Waals surface area contributed by atoms with Gasteiger partial charge in [-0.2, -0.15) is 0 Å². The number of nitrogens with zero attached hydrogens (tertiary/aromatic N) is 3. The van der Waals surface area contributed by atoms with Crippen LogP contribution < -0.4 is 10.9 Å². The number of halogens is 1. The molecule has 0 fully saturated rings. The van der Waals surface area contributed by atoms with Crippen LogP contribution >= 0.6 is 0 Å². The highest BCUT2D eigenvalue weighted by atomic mass is 19.1. The van der Waals surface area contributed by atoms with Crippen LogP contribution in [0, 0.1) is 5.82 Å². The summed E-state index contributed by atoms with van der Waals surface area (Å²) in [7, 11) is 0. The Morgan fingerprint density at radius 1 is 1.19 bits per heavy atom. The molecule has 3 rings (SSSR count). The van der Waals surface area contributed by atoms with Crippen LogP contribution in [0.5, 0.6) is 0 Å². The molecule has 6 nitrogen and oxygen atoms in total. The van der Waals surface area contributed by atoms with Gasteiger partial charge in [-0.3, -0.25) is 9.59 Å². The minimum absolute atomic E-state index is 0.148. The fraction of sp³-hybridized carbons (Fsp3) is 0.263. The molecule has 0 aliphatic rings. The molecule has 0 saturated carbocycles. The van der Waals surface area contributed by atoms with E-state index >= 15 is 0 Å². The molecular weight excluding hydrogens is 335 g/mol. The van der Waals surface area contributed by atoms with E-state index in [1.807, 2.05) is 6.92 Å². The fourth-order valence-corrected chi connectivity index (χ4v) is 2.69. The molecule has 0 saturated heterocycles. The summed E-state index contributed by atoms with van der Waals surface area (Å²) in [6, 6.07) is 12.6. The SMILES string of the molecule is CC[C@@H](Cn1nnc2ccccc2c1=O)NC(=O)Cc1ccc(F)cc1. The van der Waals surface area contributed by atoms with E-state index in [1.54, 1.807) is 36.4 Å². The molecule has 134 valence electrons. The number of hydrogen-bond acceptors (Lipinski definition) is 4. The number of aromatic nitrogens is 3. The van der Waals surface area contributed by atoms with Gasteiger partial charge in [0.15, 0.2) is 0 Å². The number of amides is 1. The third kappa shape index (κ3) is 4.11. The van der Waals surface area contributed by atoms with Crippen molar-refractivity contribution < 1.29 is 9.18 Å². The third-order valence-electron chi connectivity index (χ3n) is 4.16. The molecule has 1 atom stereocenters. The molecule has 1 aromatic heterocycles. The first kappa shape index (κ1) is 17.7. The molecule has 7 heteroatoms. The van der Waals surface area contributed by atoms with Crippen LogP contribution in [0.4, 0.5) is 4.39 Å². The predicted octanol–water partition coefficient (Wildman–Crippen LogP) is 2.07. The topological polar surface area (TPSA) is 76.9 Å². The predicted molar refractivity (Wildman–Crippen MR) is 96.1 cm³/mol. The first-order valence-electron chi connectivity index (χ1n) is 8.43. The van der Waals surface area contributed by atoms with Gasteiger partial charge >= 0.3 is 0 Å². The van der Waals surface area contributed by atoms with Crippen LogP contribution in [0.2, 0.25) is 0 Å². The Kier molecular flexibility index (Phi) is 5.36. The summed E-state index contributed by atoms with van der Waals surface area (Å²) in [5.41, 5.74) is 1.03. The summed E-state index contributed by atoms with van der Waals surface area (Å²) >= 11 is 0. The minimum Gasteiger partial charge on any atom is -0.351 e. The molecule has 0 aliphatic carbocycles. The summed E-state index contributed by atoms with van der Waals surface area (Å²) in [6.07, 6.45) is 0.783. The van der Waals surface area contributed by atoms with Gasteiger partial charge in [0.2, 0.25) is 5.91 Å². The normalized spacial score (nSPS) is 12.1. The number of carbonyl (C=O) groups excluding carboxylic acids is 1. The quantitative estimate of drug-likeness (QED) is 0.735. The highest BCUT2D eigenvalue weighted by Gasteiger charge is 2.14. The lowest BCUT2D eigenvalue weighted by atomic mass is 10.1. The smallest absolute Gasteiger partial charge is 0.277 e. The highest BCUT2D eigenvalue weighted by molar-refractivity contribution is 5.79. The van der Waals surface area contributed by atoms with Crippen molar-refractivity contribution >= 4 is 16.8 Å². The third-order valence-corrected chi connectivity index (χ3v) is 4.16. The molecule has 0 unspecified atom stereocenters. The first-order chi connectivity index (χ1) is 12.6. The van der Waals surface area contributed by atoms with Crippen LogP contribution in [0.3, 0.4) is 0 Å². The zero-order chi connectivity index (χ0) is 18.5. The van der Waals surface area contributed by atoms with Crippen LogP contribution in [0.25, 0.3) is 10.9 Å². The fourth-order valence-electron chi connectivity index (χ4n) is 2.69. The highest BCUT2D eigenvalue weighted by Crippen LogP contribution is 2.06. The molecule has 1 N–H and O–H groups in total. The van der Waals surface area contributed by atoms with Gasteiger partial charge in [0.1, 0.15) is 11.3 Å². The van der Waals surface area contributed by atoms with Crippen molar-refractivity contribution in [3.8, 4) is 0 Å². The second kappa shape index (κ2) is 7.86. The second-order valence-corrected chi connectivity index (χ2v) is 6.07. The molecule has 26 heavy (non-hydrogen) atoms. The molecule has 2 aromatic carbocycles. The van der Waals surface area contributed by atoms with E-state index in [-0.39, 0.29) is 36.3 Å². The Morgan fingerprint density at radius 3 is 2.65 bits per heavy atom. The van der Waals surface area contributed by atoms with E-state index in [9.17, 15) is 14.0 Å². The maximum absolute atomic E-state index is 12.9. The Labute approximate surface area is 149 Å². The number of rotatable bonds is 6. The Morgan fingerprint density at radius 2 is 1.92 bits per heavy atom. The lowest BCUT2D eigenvalue weighted by molar-refractivity contribution is -0.121. The van der Waals surface area contributed by atoms with Crippen molar-refractivity contribution in [2.45, 2.75) is 32.4 Å². The van der Waals surface area contributed by atoms with E-state index in [0.29, 0.717) is 17.3 Å². The Balaban J connectivity index is 1.69. The zero-order valence-electron chi connectivity index (χ0n) is 14.4. The van der Waals surface area contributed by atoms with Crippen molar-refractivity contribution in [3.63, 3.8) is 0 Å². The zero-order valence-corrected chi connectivity index (χ0v) is 14.4. The van der Waals surface area contributed by atoms with Crippen LogP contribution in [0.15, 0.2) is 53.3 Å². The molecule has 0 spiro atoms. The average Bonchev–Trinajstić information content (AvgIpc) is 2.65. The summed E-state index contributed by atoms with van der Waals surface area (Å²) < 4.78 is 14.2. The molecule has 1 heterocycles. The Hall–Kier alpha value is -3.09. The van der Waals surface area contributed by atoms with Gasteiger partial charge in [-0.15, -0.1) is 5.10 Å². The maximum atomic E-state index is 12.9. The van der Waals surface area contributed by atoms with E-state index < -0.39 is 0 Å². The molecular formula is C19H19FN4O2. The average molecular weight is 354 g/mol.